The Kier molecular flexibility index (Phi) is 18.9. The number of nitrogens with one attached hydrogen (secondary N) is 6. The van der Waals surface area contributed by atoms with Crippen LogP contribution in [0.2, 0.25) is 0 Å². The summed E-state index contributed by atoms with van der Waals surface area (Å²) in [6.45, 7) is 14.9. The van der Waals surface area contributed by atoms with Gasteiger partial charge >= 0.3 is 0 Å². The van der Waals surface area contributed by atoms with Gasteiger partial charge in [0.15, 0.2) is 0 Å². The third-order valence-corrected chi connectivity index (χ3v) is 13.5. The van der Waals surface area contributed by atoms with Gasteiger partial charge in [-0.3, -0.25) is 38.4 Å². The molecular weight excluding hydrogens is 917 g/mol. The number of hydrogen-bond donors (Lipinski definition) is 6. The Bertz CT molecular complexity index is 2260. The van der Waals surface area contributed by atoms with Gasteiger partial charge in [0.25, 0.3) is 11.8 Å². The lowest BCUT2D eigenvalue weighted by molar-refractivity contribution is -0.147. The molecule has 0 radical (unpaired) electrons. The Morgan fingerprint density at radius 3 is 1.22 bits per heavy atom. The van der Waals surface area contributed by atoms with E-state index in [1.165, 1.54) is 15.9 Å². The lowest BCUT2D eigenvalue weighted by Crippen LogP contribution is -2.59. The summed E-state index contributed by atoms with van der Waals surface area (Å²) in [7, 11) is 6.61. The zero-order valence-corrected chi connectivity index (χ0v) is 44.0. The molecule has 2 saturated heterocycles. The highest BCUT2D eigenvalue weighted by molar-refractivity contribution is 6.01. The molecule has 0 bridgehead atoms. The number of amides is 8. The van der Waals surface area contributed by atoms with E-state index in [0.29, 0.717) is 0 Å². The molecule has 0 aromatic heterocycles. The minimum absolute atomic E-state index is 0.0179. The summed E-state index contributed by atoms with van der Waals surface area (Å²) in [6, 6.07) is 18.6. The van der Waals surface area contributed by atoms with Crippen LogP contribution in [-0.2, 0) is 41.9 Å². The summed E-state index contributed by atoms with van der Waals surface area (Å²) >= 11 is 0. The number of carbonyl (C=O) groups excluding carboxylic acids is 8. The van der Waals surface area contributed by atoms with Crippen molar-refractivity contribution in [1.29, 1.82) is 0 Å². The molecule has 3 aromatic rings. The van der Waals surface area contributed by atoms with Crippen LogP contribution in [0.1, 0.15) is 100 Å². The molecule has 2 aliphatic rings. The van der Waals surface area contributed by atoms with Crippen LogP contribution >= 0.6 is 0 Å². The van der Waals surface area contributed by atoms with Crippen LogP contribution in [0.3, 0.4) is 0 Å². The summed E-state index contributed by atoms with van der Waals surface area (Å²) in [5.41, 5.74) is 0.598. The molecule has 18 nitrogen and oxygen atoms in total. The molecule has 8 atom stereocenters. The molecule has 0 aliphatic carbocycles. The van der Waals surface area contributed by atoms with Crippen molar-refractivity contribution in [3.05, 3.63) is 107 Å². The lowest BCUT2D eigenvalue weighted by atomic mass is 9.85. The van der Waals surface area contributed by atoms with Crippen LogP contribution in [0.5, 0.6) is 0 Å². The summed E-state index contributed by atoms with van der Waals surface area (Å²) < 4.78 is 0. The molecule has 2 heterocycles. The van der Waals surface area contributed by atoms with Crippen molar-refractivity contribution >= 4 is 47.3 Å². The average Bonchev–Trinajstić information content (AvgIpc) is 3.97. The van der Waals surface area contributed by atoms with Crippen LogP contribution < -0.4 is 31.9 Å². The van der Waals surface area contributed by atoms with E-state index in [9.17, 15) is 38.4 Å². The number of nitrogens with zero attached hydrogens (tertiary/aromatic N) is 4. The van der Waals surface area contributed by atoms with E-state index in [1.807, 2.05) is 102 Å². The lowest BCUT2D eigenvalue weighted by Gasteiger charge is -2.36. The van der Waals surface area contributed by atoms with Crippen LogP contribution in [0, 0.1) is 10.8 Å². The normalized spacial score (nSPS) is 19.6. The van der Waals surface area contributed by atoms with Crippen molar-refractivity contribution < 1.29 is 38.4 Å². The van der Waals surface area contributed by atoms with Gasteiger partial charge in [0.1, 0.15) is 24.2 Å². The third-order valence-electron chi connectivity index (χ3n) is 13.5. The molecule has 3 aromatic carbocycles. The fourth-order valence-corrected chi connectivity index (χ4v) is 8.98. The fraction of sp³-hybridized carbons (Fsp3) is 0.519. The van der Waals surface area contributed by atoms with Crippen molar-refractivity contribution in [2.75, 3.05) is 41.3 Å². The van der Waals surface area contributed by atoms with E-state index < -0.39 is 82.8 Å². The smallest absolute Gasteiger partial charge is 0.251 e. The Morgan fingerprint density at radius 2 is 0.903 bits per heavy atom. The molecule has 0 saturated carbocycles. The SMILES string of the molecule is CN[C@@H](C)C(=O)N[C@@H](C(=O)N1C[C@@H](NC(=O)c2cccc(C(=O)N[C@H]3C[C@@H](C(=O)N(C)Cc4ccccc4)N(C(=O)[C@H](NC(=O)[C@H](C)NC)C(C)(C)C)C3)c2)CC1C(=O)N(C)Cc1ccccc1)C(C)(C)C. The van der Waals surface area contributed by atoms with E-state index >= 15 is 0 Å². The molecule has 390 valence electrons. The maximum absolute atomic E-state index is 14.6. The van der Waals surface area contributed by atoms with Crippen molar-refractivity contribution in [1.82, 2.24) is 51.5 Å². The van der Waals surface area contributed by atoms with Crippen LogP contribution in [0.4, 0.5) is 0 Å². The highest BCUT2D eigenvalue weighted by Gasteiger charge is 2.48. The van der Waals surface area contributed by atoms with Crippen LogP contribution in [0.25, 0.3) is 0 Å². The summed E-state index contributed by atoms with van der Waals surface area (Å²) in [5, 5.41) is 17.6. The first-order chi connectivity index (χ1) is 33.8. The average molecular weight is 993 g/mol. The first-order valence-corrected chi connectivity index (χ1v) is 24.7. The van der Waals surface area contributed by atoms with E-state index in [-0.39, 0.29) is 73.8 Å². The van der Waals surface area contributed by atoms with Gasteiger partial charge < -0.3 is 51.5 Å². The zero-order chi connectivity index (χ0) is 53.2. The minimum Gasteiger partial charge on any atom is -0.347 e. The monoisotopic (exact) mass is 993 g/mol. The Labute approximate surface area is 424 Å². The maximum atomic E-state index is 14.6. The van der Waals surface area contributed by atoms with Crippen molar-refractivity contribution in [3.63, 3.8) is 0 Å². The number of hydrogen-bond acceptors (Lipinski definition) is 10. The van der Waals surface area contributed by atoms with Crippen molar-refractivity contribution in [2.24, 2.45) is 10.8 Å². The van der Waals surface area contributed by atoms with Gasteiger partial charge in [-0.15, -0.1) is 0 Å². The first-order valence-electron chi connectivity index (χ1n) is 24.7. The van der Waals surface area contributed by atoms with E-state index in [0.717, 1.165) is 11.1 Å². The highest BCUT2D eigenvalue weighted by atomic mass is 16.2. The highest BCUT2D eigenvalue weighted by Crippen LogP contribution is 2.30. The van der Waals surface area contributed by atoms with Gasteiger partial charge in [0.2, 0.25) is 35.4 Å². The van der Waals surface area contributed by atoms with E-state index in [1.54, 1.807) is 70.0 Å². The molecule has 6 N–H and O–H groups in total. The molecule has 8 amide bonds. The number of likely N-dealkylation sites (N-methyl/N-ethyl adjacent to an activating group) is 4. The molecule has 0 spiro atoms. The van der Waals surface area contributed by atoms with Gasteiger partial charge in [0, 0.05) is 63.5 Å². The maximum Gasteiger partial charge on any atom is 0.251 e. The molecule has 72 heavy (non-hydrogen) atoms. The fourth-order valence-electron chi connectivity index (χ4n) is 8.98. The number of benzene rings is 3. The molecule has 2 aliphatic heterocycles. The number of rotatable bonds is 18. The zero-order valence-electron chi connectivity index (χ0n) is 44.0. The molecule has 2 fully saturated rings. The van der Waals surface area contributed by atoms with Crippen molar-refractivity contribution in [3.8, 4) is 0 Å². The van der Waals surface area contributed by atoms with Gasteiger partial charge in [-0.2, -0.15) is 0 Å². The summed E-state index contributed by atoms with van der Waals surface area (Å²) in [6.07, 6.45) is 0.192. The summed E-state index contributed by atoms with van der Waals surface area (Å²) in [5.74, 6) is -3.40. The van der Waals surface area contributed by atoms with Crippen molar-refractivity contribution in [2.45, 2.75) is 130 Å². The second kappa shape index (κ2) is 24.2. The predicted molar refractivity (Wildman–Crippen MR) is 275 cm³/mol. The van der Waals surface area contributed by atoms with Gasteiger partial charge in [-0.05, 0) is 80.9 Å². The minimum atomic E-state index is -0.998. The summed E-state index contributed by atoms with van der Waals surface area (Å²) in [4.78, 5) is 118. The first kappa shape index (κ1) is 56.3. The Hall–Kier alpha value is -6.66. The third kappa shape index (κ3) is 14.3. The Balaban J connectivity index is 1.36. The van der Waals surface area contributed by atoms with Gasteiger partial charge in [0.05, 0.1) is 12.1 Å². The van der Waals surface area contributed by atoms with Crippen LogP contribution in [0.15, 0.2) is 84.9 Å². The quantitative estimate of drug-likeness (QED) is 0.109. The van der Waals surface area contributed by atoms with Crippen LogP contribution in [-0.4, -0.2) is 156 Å². The standard InChI is InChI=1S/C54H76N10O8/c1-33(55-9)45(65)59-43(53(3,4)5)51(71)63-31-39(27-41(63)49(69)61(11)29-35-20-15-13-16-21-35)57-47(67)37-24-19-25-38(26-37)48(68)58-40-28-42(50(70)62(12)30-36-22-17-14-18-23-36)64(32-40)52(72)44(54(6,7)8)60-46(66)34(2)56-10/h13-26,33-34,39-44,55-56H,27-32H2,1-12H3,(H,57,67)(H,58,68)(H,59,65)(H,60,66)/t33-,34-,39-,40-,41-,42?,43-,44-/m0/s1. The largest absolute Gasteiger partial charge is 0.347 e. The molecular formula is C54H76N10O8. The van der Waals surface area contributed by atoms with E-state index in [4.69, 9.17) is 0 Å². The second-order valence-corrected chi connectivity index (χ2v) is 21.4. The van der Waals surface area contributed by atoms with E-state index in [2.05, 4.69) is 31.9 Å². The topological polar surface area (TPSA) is 222 Å². The molecule has 5 rings (SSSR count). The second-order valence-electron chi connectivity index (χ2n) is 21.4. The molecule has 18 heteroatoms. The predicted octanol–water partition coefficient (Wildman–Crippen LogP) is 2.68. The number of carbonyl (C=O) groups is 8. The van der Waals surface area contributed by atoms with Gasteiger partial charge in [-0.25, -0.2) is 0 Å². The molecule has 1 unspecified atom stereocenters. The number of likely N-dealkylation sites (tertiary alicyclic amines) is 2. The van der Waals surface area contributed by atoms with Gasteiger partial charge in [-0.1, -0.05) is 108 Å². The Morgan fingerprint density at radius 1 is 0.556 bits per heavy atom.